The Hall–Kier alpha value is -2.37. The number of hydrogen-bond acceptors (Lipinski definition) is 3. The third-order valence-electron chi connectivity index (χ3n) is 5.26. The number of aryl methyl sites for hydroxylation is 1. The average molecular weight is 367 g/mol. The van der Waals surface area contributed by atoms with Gasteiger partial charge in [0.15, 0.2) is 0 Å². The van der Waals surface area contributed by atoms with Crippen molar-refractivity contribution in [1.82, 2.24) is 14.8 Å². The van der Waals surface area contributed by atoms with Gasteiger partial charge in [-0.05, 0) is 31.9 Å². The van der Waals surface area contributed by atoms with Gasteiger partial charge in [0.25, 0.3) is 5.91 Å². The number of aromatic amines is 1. The smallest absolute Gasteiger partial charge is 0.270 e. The van der Waals surface area contributed by atoms with Crippen LogP contribution in [-0.2, 0) is 0 Å². The predicted octanol–water partition coefficient (Wildman–Crippen LogP) is 3.16. The zero-order valence-electron chi connectivity index (χ0n) is 16.4. The van der Waals surface area contributed by atoms with Crippen molar-refractivity contribution in [2.24, 2.45) is 0 Å². The highest BCUT2D eigenvalue weighted by molar-refractivity contribution is 5.94. The molecule has 2 N–H and O–H groups in total. The van der Waals surface area contributed by atoms with Crippen molar-refractivity contribution in [1.29, 1.82) is 0 Å². The molecule has 1 fully saturated rings. The molecule has 0 aliphatic carbocycles. The van der Waals surface area contributed by atoms with Crippen LogP contribution in [0.5, 0.6) is 0 Å². The molecule has 0 spiro atoms. The Labute approximate surface area is 161 Å². The van der Waals surface area contributed by atoms with Crippen LogP contribution in [0.15, 0.2) is 36.4 Å². The first kappa shape index (κ1) is 19.4. The lowest BCUT2D eigenvalue weighted by molar-refractivity contribution is 0.0644. The minimum absolute atomic E-state index is 0.0296. The molecule has 3 rings (SSSR count). The van der Waals surface area contributed by atoms with Crippen molar-refractivity contribution in [2.75, 3.05) is 32.7 Å². The van der Waals surface area contributed by atoms with Gasteiger partial charge in [0.05, 0.1) is 6.10 Å². The third kappa shape index (κ3) is 4.49. The van der Waals surface area contributed by atoms with Crippen LogP contribution >= 0.6 is 0 Å². The summed E-state index contributed by atoms with van der Waals surface area (Å²) in [4.78, 5) is 20.3. The molecule has 1 aromatic carbocycles. The molecule has 1 amide bonds. The van der Waals surface area contributed by atoms with Crippen LogP contribution in [0.1, 0.15) is 45.9 Å². The maximum absolute atomic E-state index is 12.9. The molecule has 0 unspecified atom stereocenters. The number of amides is 1. The van der Waals surface area contributed by atoms with Gasteiger partial charge in [-0.3, -0.25) is 9.69 Å². The summed E-state index contributed by atoms with van der Waals surface area (Å²) >= 11 is 0. The van der Waals surface area contributed by atoms with Gasteiger partial charge in [-0.2, -0.15) is 0 Å². The zero-order valence-corrected chi connectivity index (χ0v) is 16.4. The van der Waals surface area contributed by atoms with E-state index in [1.54, 1.807) is 6.92 Å². The monoisotopic (exact) mass is 367 g/mol. The molecule has 0 radical (unpaired) electrons. The fourth-order valence-electron chi connectivity index (χ4n) is 3.80. The SMILES string of the molecule is Cc1[nH]c(C(=O)N2CCN(C/C=C/c3ccccc3)CC2)c(C)c1[C@H](C)O. The standard InChI is InChI=1S/C22H29N3O2/c1-16-20(18(3)26)17(2)23-21(16)22(27)25-14-12-24(13-15-25)11-7-10-19-8-5-4-6-9-19/h4-10,18,23,26H,11-15H2,1-3H3/b10-7+/t18-/m0/s1. The molecule has 2 aromatic rings. The number of benzene rings is 1. The maximum atomic E-state index is 12.9. The predicted molar refractivity (Wildman–Crippen MR) is 109 cm³/mol. The highest BCUT2D eigenvalue weighted by Gasteiger charge is 2.26. The van der Waals surface area contributed by atoms with Gasteiger partial charge >= 0.3 is 0 Å². The molecule has 1 aromatic heterocycles. The Morgan fingerprint density at radius 2 is 1.85 bits per heavy atom. The van der Waals surface area contributed by atoms with E-state index in [1.807, 2.05) is 36.9 Å². The highest BCUT2D eigenvalue weighted by Crippen LogP contribution is 2.25. The zero-order chi connectivity index (χ0) is 19.4. The molecule has 1 aliphatic heterocycles. The lowest BCUT2D eigenvalue weighted by Gasteiger charge is -2.34. The molecule has 0 bridgehead atoms. The summed E-state index contributed by atoms with van der Waals surface area (Å²) in [5.41, 5.74) is 4.39. The second-order valence-corrected chi connectivity index (χ2v) is 7.25. The molecule has 27 heavy (non-hydrogen) atoms. The summed E-state index contributed by atoms with van der Waals surface area (Å²) in [7, 11) is 0. The number of H-pyrrole nitrogens is 1. The normalized spacial score (nSPS) is 16.8. The number of nitrogens with one attached hydrogen (secondary N) is 1. The number of rotatable bonds is 5. The fraction of sp³-hybridized carbons (Fsp3) is 0.409. The van der Waals surface area contributed by atoms with Crippen molar-refractivity contribution < 1.29 is 9.90 Å². The van der Waals surface area contributed by atoms with Gasteiger partial charge in [0.2, 0.25) is 0 Å². The Bertz CT molecular complexity index is 800. The fourth-order valence-corrected chi connectivity index (χ4v) is 3.80. The van der Waals surface area contributed by atoms with E-state index < -0.39 is 6.10 Å². The minimum Gasteiger partial charge on any atom is -0.389 e. The van der Waals surface area contributed by atoms with Crippen molar-refractivity contribution in [3.05, 3.63) is 64.5 Å². The van der Waals surface area contributed by atoms with Crippen molar-refractivity contribution in [3.8, 4) is 0 Å². The molecule has 5 nitrogen and oxygen atoms in total. The lowest BCUT2D eigenvalue weighted by Crippen LogP contribution is -2.48. The molecule has 144 valence electrons. The second-order valence-electron chi connectivity index (χ2n) is 7.25. The Morgan fingerprint density at radius 3 is 2.44 bits per heavy atom. The van der Waals surface area contributed by atoms with Crippen LogP contribution in [-0.4, -0.2) is 58.5 Å². The maximum Gasteiger partial charge on any atom is 0.270 e. The largest absolute Gasteiger partial charge is 0.389 e. The first-order valence-electron chi connectivity index (χ1n) is 9.57. The van der Waals surface area contributed by atoms with Crippen molar-refractivity contribution in [2.45, 2.75) is 26.9 Å². The molecule has 1 aliphatic rings. The number of hydrogen-bond donors (Lipinski definition) is 2. The average Bonchev–Trinajstić information content (AvgIpc) is 2.97. The Balaban J connectivity index is 1.55. The van der Waals surface area contributed by atoms with E-state index in [0.29, 0.717) is 5.69 Å². The van der Waals surface area contributed by atoms with E-state index in [4.69, 9.17) is 0 Å². The number of carbonyl (C=O) groups is 1. The number of piperazine rings is 1. The summed E-state index contributed by atoms with van der Waals surface area (Å²) in [5.74, 6) is 0.0296. The summed E-state index contributed by atoms with van der Waals surface area (Å²) < 4.78 is 0. The van der Waals surface area contributed by atoms with Crippen LogP contribution in [0.4, 0.5) is 0 Å². The summed E-state index contributed by atoms with van der Waals surface area (Å²) in [5, 5.41) is 9.93. The summed E-state index contributed by atoms with van der Waals surface area (Å²) in [6, 6.07) is 10.3. The van der Waals surface area contributed by atoms with Crippen LogP contribution in [0, 0.1) is 13.8 Å². The quantitative estimate of drug-likeness (QED) is 0.853. The summed E-state index contributed by atoms with van der Waals surface area (Å²) in [6.07, 6.45) is 3.75. The topological polar surface area (TPSA) is 59.6 Å². The number of aliphatic hydroxyl groups excluding tert-OH is 1. The van der Waals surface area contributed by atoms with Gasteiger partial charge in [-0.25, -0.2) is 0 Å². The number of aromatic nitrogens is 1. The third-order valence-corrected chi connectivity index (χ3v) is 5.26. The minimum atomic E-state index is -0.573. The number of nitrogens with zero attached hydrogens (tertiary/aromatic N) is 2. The van der Waals surface area contributed by atoms with Gasteiger partial charge in [-0.1, -0.05) is 42.5 Å². The van der Waals surface area contributed by atoms with E-state index in [1.165, 1.54) is 5.56 Å². The molecule has 0 saturated carbocycles. The molecular formula is C22H29N3O2. The van der Waals surface area contributed by atoms with Crippen molar-refractivity contribution in [3.63, 3.8) is 0 Å². The van der Waals surface area contributed by atoms with Crippen LogP contribution < -0.4 is 0 Å². The molecule has 1 atom stereocenters. The number of carbonyl (C=O) groups excluding carboxylic acids is 1. The van der Waals surface area contributed by atoms with Crippen LogP contribution in [0.3, 0.4) is 0 Å². The molecular weight excluding hydrogens is 338 g/mol. The van der Waals surface area contributed by atoms with Crippen LogP contribution in [0.2, 0.25) is 0 Å². The van der Waals surface area contributed by atoms with Crippen molar-refractivity contribution >= 4 is 12.0 Å². The molecule has 2 heterocycles. The summed E-state index contributed by atoms with van der Waals surface area (Å²) in [6.45, 7) is 9.62. The highest BCUT2D eigenvalue weighted by atomic mass is 16.3. The van der Waals surface area contributed by atoms with E-state index in [0.717, 1.165) is 49.5 Å². The van der Waals surface area contributed by atoms with Gasteiger partial charge in [-0.15, -0.1) is 0 Å². The van der Waals surface area contributed by atoms with Gasteiger partial charge in [0.1, 0.15) is 5.69 Å². The van der Waals surface area contributed by atoms with Crippen LogP contribution in [0.25, 0.3) is 6.08 Å². The molecule has 5 heteroatoms. The van der Waals surface area contributed by atoms with E-state index in [2.05, 4.69) is 34.2 Å². The van der Waals surface area contributed by atoms with E-state index in [-0.39, 0.29) is 5.91 Å². The lowest BCUT2D eigenvalue weighted by atomic mass is 10.1. The second kappa shape index (κ2) is 8.55. The van der Waals surface area contributed by atoms with E-state index in [9.17, 15) is 9.90 Å². The first-order valence-corrected chi connectivity index (χ1v) is 9.57. The molecule has 1 saturated heterocycles. The first-order chi connectivity index (χ1) is 13.0. The number of aliphatic hydroxyl groups is 1. The Kier molecular flexibility index (Phi) is 6.14. The van der Waals surface area contributed by atoms with Gasteiger partial charge < -0.3 is 15.0 Å². The van der Waals surface area contributed by atoms with Gasteiger partial charge in [0, 0.05) is 44.0 Å². The Morgan fingerprint density at radius 1 is 1.19 bits per heavy atom. The van der Waals surface area contributed by atoms with E-state index >= 15 is 0 Å².